The van der Waals surface area contributed by atoms with Crippen molar-refractivity contribution in [2.45, 2.75) is 6.42 Å². The molecule has 0 aromatic heterocycles. The highest BCUT2D eigenvalue weighted by molar-refractivity contribution is 6.05. The van der Waals surface area contributed by atoms with Crippen LogP contribution in [0.2, 0.25) is 0 Å². The molecule has 1 saturated carbocycles. The molecular formula is C6H3NO3. The van der Waals surface area contributed by atoms with Gasteiger partial charge in [-0.15, -0.1) is 0 Å². The van der Waals surface area contributed by atoms with Crippen molar-refractivity contribution >= 4 is 11.9 Å². The van der Waals surface area contributed by atoms with Crippen molar-refractivity contribution in [1.29, 1.82) is 5.26 Å². The first-order chi connectivity index (χ1) is 4.70. The van der Waals surface area contributed by atoms with Crippen LogP contribution in [0.4, 0.5) is 0 Å². The van der Waals surface area contributed by atoms with E-state index in [4.69, 9.17) is 5.26 Å². The van der Waals surface area contributed by atoms with Crippen molar-refractivity contribution in [3.63, 3.8) is 0 Å². The average Bonchev–Trinajstić information content (AvgIpc) is 2.57. The largest absolute Gasteiger partial charge is 0.392 e. The Balaban J connectivity index is 2.43. The molecule has 1 aliphatic heterocycles. The number of nitrogens with zero attached hydrogens (tertiary/aromatic N) is 1. The van der Waals surface area contributed by atoms with E-state index < -0.39 is 23.3 Å². The van der Waals surface area contributed by atoms with Gasteiger partial charge in [-0.1, -0.05) is 0 Å². The van der Waals surface area contributed by atoms with E-state index in [9.17, 15) is 9.59 Å². The molecule has 0 N–H and O–H groups in total. The van der Waals surface area contributed by atoms with Crippen molar-refractivity contribution in [1.82, 2.24) is 0 Å². The third kappa shape index (κ3) is 0.346. The Morgan fingerprint density at radius 1 is 1.70 bits per heavy atom. The molecule has 2 rings (SSSR count). The molecule has 2 atom stereocenters. The second kappa shape index (κ2) is 1.21. The molecule has 50 valence electrons. The lowest BCUT2D eigenvalue weighted by atomic mass is 10.1. The van der Waals surface area contributed by atoms with Crippen LogP contribution in [0.3, 0.4) is 0 Å². The normalized spacial score (nSPS) is 42.1. The van der Waals surface area contributed by atoms with Gasteiger partial charge in [-0.2, -0.15) is 5.26 Å². The van der Waals surface area contributed by atoms with Gasteiger partial charge in [-0.25, -0.2) is 4.79 Å². The predicted molar refractivity (Wildman–Crippen MR) is 27.3 cm³/mol. The lowest BCUT2D eigenvalue weighted by molar-refractivity contribution is -0.156. The highest BCUT2D eigenvalue weighted by atomic mass is 16.6. The Morgan fingerprint density at radius 3 is 2.60 bits per heavy atom. The zero-order valence-corrected chi connectivity index (χ0v) is 4.96. The molecule has 0 radical (unpaired) electrons. The molecule has 1 saturated heterocycles. The van der Waals surface area contributed by atoms with Crippen LogP contribution in [0, 0.1) is 22.7 Å². The molecule has 1 aliphatic carbocycles. The van der Waals surface area contributed by atoms with Crippen LogP contribution in [0.15, 0.2) is 0 Å². The van der Waals surface area contributed by atoms with Crippen LogP contribution in [0.1, 0.15) is 6.42 Å². The number of carbonyl (C=O) groups is 2. The Hall–Kier alpha value is -1.37. The van der Waals surface area contributed by atoms with E-state index in [1.165, 1.54) is 0 Å². The van der Waals surface area contributed by atoms with Crippen LogP contribution in [-0.4, -0.2) is 11.9 Å². The summed E-state index contributed by atoms with van der Waals surface area (Å²) in [6.07, 6.45) is 0.362. The van der Waals surface area contributed by atoms with Crippen LogP contribution >= 0.6 is 0 Å². The van der Waals surface area contributed by atoms with Gasteiger partial charge in [0.25, 0.3) is 0 Å². The second-order valence-electron chi connectivity index (χ2n) is 2.55. The average molecular weight is 137 g/mol. The maximum Gasteiger partial charge on any atom is 0.335 e. The zero-order valence-electron chi connectivity index (χ0n) is 4.96. The first kappa shape index (κ1) is 5.42. The number of esters is 2. The van der Waals surface area contributed by atoms with E-state index in [0.29, 0.717) is 6.42 Å². The summed E-state index contributed by atoms with van der Waals surface area (Å²) in [5.41, 5.74) is -1.07. The topological polar surface area (TPSA) is 67.2 Å². The molecule has 0 aromatic carbocycles. The molecule has 2 aliphatic rings. The quantitative estimate of drug-likeness (QED) is 0.336. The third-order valence-electron chi connectivity index (χ3n) is 2.00. The van der Waals surface area contributed by atoms with Crippen molar-refractivity contribution in [2.24, 2.45) is 11.3 Å². The number of carbonyl (C=O) groups excluding carboxylic acids is 2. The Labute approximate surface area is 56.4 Å². The maximum atomic E-state index is 10.7. The summed E-state index contributed by atoms with van der Waals surface area (Å²) in [4.78, 5) is 21.3. The predicted octanol–water partition coefficient (Wildman–Crippen LogP) is -0.400. The molecule has 1 heterocycles. The van der Waals surface area contributed by atoms with Crippen molar-refractivity contribution < 1.29 is 14.3 Å². The van der Waals surface area contributed by atoms with E-state index >= 15 is 0 Å². The standard InChI is InChI=1S/C6H3NO3/c7-2-6-1-3(6)4(8)10-5(6)9/h3H,1H2/t3-,6-/m1/s1. The lowest BCUT2D eigenvalue weighted by Crippen LogP contribution is -2.11. The minimum Gasteiger partial charge on any atom is -0.392 e. The Kier molecular flexibility index (Phi) is 0.657. The van der Waals surface area contributed by atoms with Crippen molar-refractivity contribution in [3.8, 4) is 6.07 Å². The minimum atomic E-state index is -1.07. The molecule has 0 unspecified atom stereocenters. The van der Waals surface area contributed by atoms with Gasteiger partial charge >= 0.3 is 11.9 Å². The molecule has 0 amide bonds. The van der Waals surface area contributed by atoms with E-state index in [0.717, 1.165) is 0 Å². The summed E-state index contributed by atoms with van der Waals surface area (Å²) < 4.78 is 4.22. The van der Waals surface area contributed by atoms with Gasteiger partial charge in [0, 0.05) is 0 Å². The van der Waals surface area contributed by atoms with Gasteiger partial charge in [0.2, 0.25) is 0 Å². The molecule has 10 heavy (non-hydrogen) atoms. The third-order valence-corrected chi connectivity index (χ3v) is 2.00. The van der Waals surface area contributed by atoms with Crippen molar-refractivity contribution in [2.75, 3.05) is 0 Å². The highest BCUT2D eigenvalue weighted by Crippen LogP contribution is 2.57. The summed E-state index contributed by atoms with van der Waals surface area (Å²) in [5.74, 6) is -1.65. The molecule has 4 nitrogen and oxygen atoms in total. The van der Waals surface area contributed by atoms with Gasteiger partial charge in [0.1, 0.15) is 0 Å². The highest BCUT2D eigenvalue weighted by Gasteiger charge is 2.72. The summed E-state index contributed by atoms with van der Waals surface area (Å²) >= 11 is 0. The fourth-order valence-electron chi connectivity index (χ4n) is 1.20. The molecule has 0 spiro atoms. The maximum absolute atomic E-state index is 10.7. The SMILES string of the molecule is N#C[C@]12C[C@@H]1C(=O)OC2=O. The minimum absolute atomic E-state index is 0.362. The van der Waals surface area contributed by atoms with Crippen LogP contribution in [-0.2, 0) is 14.3 Å². The van der Waals surface area contributed by atoms with Gasteiger partial charge in [0.15, 0.2) is 5.41 Å². The Bertz CT molecular complexity index is 277. The summed E-state index contributed by atoms with van der Waals surface area (Å²) in [6.45, 7) is 0. The lowest BCUT2D eigenvalue weighted by Gasteiger charge is -1.92. The number of cyclic esters (lactones) is 2. The van der Waals surface area contributed by atoms with E-state index in [-0.39, 0.29) is 0 Å². The molecule has 0 aromatic rings. The molecular weight excluding hydrogens is 134 g/mol. The van der Waals surface area contributed by atoms with E-state index in [2.05, 4.69) is 4.74 Å². The summed E-state index contributed by atoms with van der Waals surface area (Å²) in [5, 5.41) is 8.45. The monoisotopic (exact) mass is 137 g/mol. The van der Waals surface area contributed by atoms with Gasteiger partial charge in [-0.05, 0) is 6.42 Å². The fourth-order valence-corrected chi connectivity index (χ4v) is 1.20. The molecule has 2 fully saturated rings. The van der Waals surface area contributed by atoms with Gasteiger partial charge in [-0.3, -0.25) is 4.79 Å². The summed E-state index contributed by atoms with van der Waals surface area (Å²) in [6, 6.07) is 1.80. The van der Waals surface area contributed by atoms with Crippen LogP contribution < -0.4 is 0 Å². The van der Waals surface area contributed by atoms with Crippen LogP contribution in [0.5, 0.6) is 0 Å². The van der Waals surface area contributed by atoms with E-state index in [1.807, 2.05) is 0 Å². The number of fused-ring (bicyclic) bond motifs is 1. The van der Waals surface area contributed by atoms with Gasteiger partial charge < -0.3 is 4.74 Å². The second-order valence-corrected chi connectivity index (χ2v) is 2.55. The number of rotatable bonds is 0. The molecule has 4 heteroatoms. The number of hydrogen-bond donors (Lipinski definition) is 0. The molecule has 0 bridgehead atoms. The number of hydrogen-bond acceptors (Lipinski definition) is 4. The smallest absolute Gasteiger partial charge is 0.335 e. The fraction of sp³-hybridized carbons (Fsp3) is 0.500. The Morgan fingerprint density at radius 2 is 2.40 bits per heavy atom. The zero-order chi connectivity index (χ0) is 7.35. The number of nitriles is 1. The van der Waals surface area contributed by atoms with Crippen molar-refractivity contribution in [3.05, 3.63) is 0 Å². The first-order valence-corrected chi connectivity index (χ1v) is 2.88. The van der Waals surface area contributed by atoms with Gasteiger partial charge in [0.05, 0.1) is 12.0 Å². The summed E-state index contributed by atoms with van der Waals surface area (Å²) in [7, 11) is 0. The van der Waals surface area contributed by atoms with E-state index in [1.54, 1.807) is 6.07 Å². The number of ether oxygens (including phenoxy) is 1. The van der Waals surface area contributed by atoms with Crippen LogP contribution in [0.25, 0.3) is 0 Å². The first-order valence-electron chi connectivity index (χ1n) is 2.88.